The summed E-state index contributed by atoms with van der Waals surface area (Å²) in [4.78, 5) is 29.9. The summed E-state index contributed by atoms with van der Waals surface area (Å²) in [5, 5.41) is 32.0. The first-order valence-electron chi connectivity index (χ1n) is 15.1. The van der Waals surface area contributed by atoms with Crippen LogP contribution in [0.4, 0.5) is 0 Å². The van der Waals surface area contributed by atoms with Crippen molar-refractivity contribution in [2.75, 3.05) is 20.8 Å². The molecule has 244 valence electrons. The third kappa shape index (κ3) is 60.7. The number of carbonyl (C=O) groups excluding carboxylic acids is 3. The van der Waals surface area contributed by atoms with E-state index in [4.69, 9.17) is 15.3 Å². The predicted octanol–water partition coefficient (Wildman–Crippen LogP) is 7.28. The molecular formula is C33H70O7. The van der Waals surface area contributed by atoms with Gasteiger partial charge in [-0.1, -0.05) is 92.7 Å². The highest BCUT2D eigenvalue weighted by molar-refractivity contribution is 5.72. The largest absolute Gasteiger partial charge is 0.400 e. The second-order valence-corrected chi connectivity index (χ2v) is 8.57. The van der Waals surface area contributed by atoms with E-state index in [-0.39, 0.29) is 5.92 Å². The molecule has 3 unspecified atom stereocenters. The van der Waals surface area contributed by atoms with E-state index in [1.54, 1.807) is 6.08 Å². The second-order valence-electron chi connectivity index (χ2n) is 8.57. The molecule has 0 aliphatic heterocycles. The molecule has 0 amide bonds. The second kappa shape index (κ2) is 61.4. The first kappa shape index (κ1) is 54.4. The highest BCUT2D eigenvalue weighted by Crippen LogP contribution is 2.11. The summed E-state index contributed by atoms with van der Waals surface area (Å²) in [6, 6.07) is 0. The summed E-state index contributed by atoms with van der Waals surface area (Å²) in [5.41, 5.74) is 0.928. The van der Waals surface area contributed by atoms with Crippen LogP contribution in [0, 0.1) is 11.8 Å². The molecule has 0 aliphatic carbocycles. The molecule has 0 heterocycles. The lowest BCUT2D eigenvalue weighted by Gasteiger charge is -2.13. The number of unbranched alkanes of at least 4 members (excludes halogenated alkanes) is 3. The molecule has 3 atom stereocenters. The van der Waals surface area contributed by atoms with Crippen molar-refractivity contribution >= 4 is 18.9 Å². The number of aliphatic hydroxyl groups excluding tert-OH is 4. The molecule has 7 nitrogen and oxygen atoms in total. The molecule has 4 N–H and O–H groups in total. The van der Waals surface area contributed by atoms with Crippen molar-refractivity contribution < 1.29 is 34.8 Å². The molecule has 0 rings (SSSR count). The van der Waals surface area contributed by atoms with Gasteiger partial charge in [-0.15, -0.1) is 6.58 Å². The summed E-state index contributed by atoms with van der Waals surface area (Å²) in [5.74, 6) is 0.407. The van der Waals surface area contributed by atoms with Gasteiger partial charge < -0.3 is 30.0 Å². The Morgan fingerprint density at radius 2 is 1.27 bits per heavy atom. The molecule has 0 aromatic carbocycles. The van der Waals surface area contributed by atoms with Crippen molar-refractivity contribution in [2.45, 2.75) is 139 Å². The van der Waals surface area contributed by atoms with Crippen LogP contribution in [0.2, 0.25) is 0 Å². The molecule has 40 heavy (non-hydrogen) atoms. The fraction of sp³-hybridized carbons (Fsp3) is 0.788. The summed E-state index contributed by atoms with van der Waals surface area (Å²) in [6.07, 6.45) is 18.0. The van der Waals surface area contributed by atoms with E-state index in [2.05, 4.69) is 27.4 Å². The number of hydrogen-bond donors (Lipinski definition) is 4. The summed E-state index contributed by atoms with van der Waals surface area (Å²) >= 11 is 0. The molecule has 0 radical (unpaired) electrons. The molecule has 0 bridgehead atoms. The van der Waals surface area contributed by atoms with Crippen LogP contribution < -0.4 is 0 Å². The van der Waals surface area contributed by atoms with Crippen molar-refractivity contribution in [1.29, 1.82) is 0 Å². The molecule has 0 aromatic rings. The van der Waals surface area contributed by atoms with E-state index >= 15 is 0 Å². The molecule has 0 saturated carbocycles. The Labute approximate surface area is 249 Å². The number of allylic oxidation sites excluding steroid dienone is 3. The van der Waals surface area contributed by atoms with Gasteiger partial charge in [-0.2, -0.15) is 0 Å². The van der Waals surface area contributed by atoms with Crippen LogP contribution in [0.3, 0.4) is 0 Å². The average Bonchev–Trinajstić information content (AvgIpc) is 2.99. The van der Waals surface area contributed by atoms with Crippen LogP contribution in [0.1, 0.15) is 132 Å². The smallest absolute Gasteiger partial charge is 0.145 e. The van der Waals surface area contributed by atoms with Gasteiger partial charge in [0.05, 0.1) is 6.10 Å². The number of aldehydes is 3. The maximum atomic E-state index is 10.3. The zero-order valence-electron chi connectivity index (χ0n) is 28.0. The van der Waals surface area contributed by atoms with Gasteiger partial charge in [-0.05, 0) is 56.9 Å². The molecule has 0 fully saturated rings. The summed E-state index contributed by atoms with van der Waals surface area (Å²) < 4.78 is 0. The van der Waals surface area contributed by atoms with Crippen LogP contribution in [0.5, 0.6) is 0 Å². The third-order valence-electron chi connectivity index (χ3n) is 5.19. The lowest BCUT2D eigenvalue weighted by Crippen LogP contribution is -2.20. The van der Waals surface area contributed by atoms with E-state index in [1.807, 2.05) is 40.7 Å². The first-order valence-corrected chi connectivity index (χ1v) is 15.1. The van der Waals surface area contributed by atoms with Gasteiger partial charge in [0, 0.05) is 33.2 Å². The van der Waals surface area contributed by atoms with Gasteiger partial charge in [0.15, 0.2) is 0 Å². The first-order chi connectivity index (χ1) is 19.3. The van der Waals surface area contributed by atoms with E-state index in [9.17, 15) is 19.5 Å². The summed E-state index contributed by atoms with van der Waals surface area (Å²) in [6.45, 7) is 19.9. The van der Waals surface area contributed by atoms with Gasteiger partial charge in [0.1, 0.15) is 18.9 Å². The fourth-order valence-corrected chi connectivity index (χ4v) is 2.61. The minimum Gasteiger partial charge on any atom is -0.400 e. The van der Waals surface area contributed by atoms with E-state index < -0.39 is 6.10 Å². The third-order valence-corrected chi connectivity index (χ3v) is 5.19. The highest BCUT2D eigenvalue weighted by Gasteiger charge is 2.14. The Morgan fingerprint density at radius 3 is 1.50 bits per heavy atom. The number of rotatable bonds is 16. The van der Waals surface area contributed by atoms with E-state index in [1.165, 1.54) is 19.3 Å². The van der Waals surface area contributed by atoms with Crippen LogP contribution in [-0.2, 0) is 14.4 Å². The predicted molar refractivity (Wildman–Crippen MR) is 174 cm³/mol. The number of hydrogen-bond acceptors (Lipinski definition) is 7. The van der Waals surface area contributed by atoms with Gasteiger partial charge in [-0.3, -0.25) is 4.79 Å². The van der Waals surface area contributed by atoms with Gasteiger partial charge in [0.25, 0.3) is 0 Å². The SMILES string of the molecule is C=CC.CCC/C=C(/C=O)CC.CCCC(O)C(C=O)CC.CCCC=O.CCCCC(CC)CO.CO.CO. The van der Waals surface area contributed by atoms with Crippen molar-refractivity contribution in [1.82, 2.24) is 0 Å². The molecule has 0 aromatic heterocycles. The highest BCUT2D eigenvalue weighted by atomic mass is 16.3. The molecule has 0 spiro atoms. The van der Waals surface area contributed by atoms with Gasteiger partial charge >= 0.3 is 0 Å². The lowest BCUT2D eigenvalue weighted by molar-refractivity contribution is -0.114. The minimum atomic E-state index is -0.424. The Hall–Kier alpha value is -1.67. The lowest BCUT2D eigenvalue weighted by atomic mass is 9.98. The van der Waals surface area contributed by atoms with E-state index in [0.717, 1.165) is 90.0 Å². The maximum absolute atomic E-state index is 10.3. The molecular weight excluding hydrogens is 508 g/mol. The summed E-state index contributed by atoms with van der Waals surface area (Å²) in [7, 11) is 2.00. The average molecular weight is 579 g/mol. The van der Waals surface area contributed by atoms with Crippen molar-refractivity contribution in [2.24, 2.45) is 11.8 Å². The Kier molecular flexibility index (Phi) is 83.5. The minimum absolute atomic E-state index is 0.153. The quantitative estimate of drug-likeness (QED) is 0.0859. The zero-order chi connectivity index (χ0) is 33.0. The van der Waals surface area contributed by atoms with Crippen LogP contribution in [-0.4, -0.2) is 66.2 Å². The Morgan fingerprint density at radius 1 is 0.775 bits per heavy atom. The maximum Gasteiger partial charge on any atom is 0.145 e. The van der Waals surface area contributed by atoms with E-state index in [0.29, 0.717) is 18.9 Å². The molecule has 7 heteroatoms. The van der Waals surface area contributed by atoms with Crippen molar-refractivity contribution in [3.63, 3.8) is 0 Å². The van der Waals surface area contributed by atoms with Gasteiger partial charge in [-0.25, -0.2) is 0 Å². The van der Waals surface area contributed by atoms with Crippen LogP contribution in [0.25, 0.3) is 0 Å². The topological polar surface area (TPSA) is 132 Å². The Balaban J connectivity index is -0.0000000684. The number of carbonyl (C=O) groups is 3. The molecule has 0 saturated heterocycles. The zero-order valence-corrected chi connectivity index (χ0v) is 28.0. The standard InChI is InChI=1S/C8H16O2.C8H18O.C8H14O.C4H8O.C3H6.2CH4O/c1-3-5-8(10)7(4-2)6-9;2*1-3-5-6-8(4-2)7-9;1-2-3-4-5;1-3-2;2*1-2/h6-8,10H,3-5H2,1-2H3;8-9H,3-7H2,1-2H3;6-7H,3-5H2,1-2H3;4H,2-3H2,1H3;3H,1H2,2H3;2*2H,1H3/b;;8-6+;;;;. The van der Waals surface area contributed by atoms with Crippen LogP contribution in [0.15, 0.2) is 24.3 Å². The van der Waals surface area contributed by atoms with Crippen LogP contribution >= 0.6 is 0 Å². The number of aliphatic hydroxyl groups is 4. The molecule has 0 aliphatic rings. The normalized spacial score (nSPS) is 11.3. The monoisotopic (exact) mass is 579 g/mol. The fourth-order valence-electron chi connectivity index (χ4n) is 2.61. The van der Waals surface area contributed by atoms with Crippen molar-refractivity contribution in [3.8, 4) is 0 Å². The van der Waals surface area contributed by atoms with Crippen molar-refractivity contribution in [3.05, 3.63) is 24.3 Å². The Bertz CT molecular complexity index is 462. The van der Waals surface area contributed by atoms with Gasteiger partial charge in [0.2, 0.25) is 0 Å².